The quantitative estimate of drug-likeness (QED) is 0.906. The molecule has 0 radical (unpaired) electrons. The number of aromatic amines is 1. The van der Waals surface area contributed by atoms with E-state index < -0.39 is 0 Å². The summed E-state index contributed by atoms with van der Waals surface area (Å²) in [5.74, 6) is 0. The number of nitrogens with zero attached hydrogens (tertiary/aromatic N) is 2. The molecule has 2 rings (SSSR count). The highest BCUT2D eigenvalue weighted by atomic mass is 79.9. The van der Waals surface area contributed by atoms with E-state index >= 15 is 0 Å². The molecule has 4 nitrogen and oxygen atoms in total. The monoisotopic (exact) mass is 276 g/mol. The third kappa shape index (κ3) is 2.41. The van der Waals surface area contributed by atoms with Crippen LogP contribution in [0.15, 0.2) is 35.2 Å². The third-order valence-corrected chi connectivity index (χ3v) is 2.78. The number of nitrogens with one attached hydrogen (secondary N) is 2. The van der Waals surface area contributed by atoms with Gasteiger partial charge in [0.1, 0.15) is 0 Å². The Balaban J connectivity index is 2.08. The van der Waals surface area contributed by atoms with Crippen LogP contribution >= 0.6 is 15.9 Å². The maximum Gasteiger partial charge on any atom is 0.0992 e. The first kappa shape index (κ1) is 10.7. The van der Waals surface area contributed by atoms with Crippen LogP contribution in [0.5, 0.6) is 0 Å². The van der Waals surface area contributed by atoms with Crippen molar-refractivity contribution in [2.75, 3.05) is 5.32 Å². The van der Waals surface area contributed by atoms with E-state index in [0.29, 0.717) is 12.1 Å². The summed E-state index contributed by atoms with van der Waals surface area (Å²) in [5, 5.41) is 12.0. The van der Waals surface area contributed by atoms with Gasteiger partial charge in [-0.3, -0.25) is 0 Å². The molecule has 1 heterocycles. The number of rotatable bonds is 3. The van der Waals surface area contributed by atoms with Gasteiger partial charge in [0, 0.05) is 16.4 Å². The second kappa shape index (κ2) is 4.81. The van der Waals surface area contributed by atoms with Gasteiger partial charge >= 0.3 is 0 Å². The maximum atomic E-state index is 8.73. The van der Waals surface area contributed by atoms with E-state index in [1.165, 1.54) is 0 Å². The Labute approximate surface area is 101 Å². The van der Waals surface area contributed by atoms with Gasteiger partial charge in [0.05, 0.1) is 30.2 Å². The SMILES string of the molecule is N#Cc1ccc(NCc2cnc[nH]2)c(Br)c1. The van der Waals surface area contributed by atoms with Crippen molar-refractivity contribution in [1.82, 2.24) is 9.97 Å². The van der Waals surface area contributed by atoms with E-state index in [4.69, 9.17) is 5.26 Å². The van der Waals surface area contributed by atoms with Crippen molar-refractivity contribution >= 4 is 21.6 Å². The van der Waals surface area contributed by atoms with Crippen LogP contribution in [0.3, 0.4) is 0 Å². The second-order valence-corrected chi connectivity index (χ2v) is 4.09. The summed E-state index contributed by atoms with van der Waals surface area (Å²) in [5.41, 5.74) is 2.60. The molecule has 0 spiro atoms. The summed E-state index contributed by atoms with van der Waals surface area (Å²) in [6.07, 6.45) is 3.41. The molecule has 2 N–H and O–H groups in total. The van der Waals surface area contributed by atoms with Gasteiger partial charge in [0.15, 0.2) is 0 Å². The van der Waals surface area contributed by atoms with E-state index in [1.807, 2.05) is 6.07 Å². The number of hydrogen-bond acceptors (Lipinski definition) is 3. The molecule has 0 fully saturated rings. The van der Waals surface area contributed by atoms with Gasteiger partial charge < -0.3 is 10.3 Å². The van der Waals surface area contributed by atoms with Crippen molar-refractivity contribution in [3.8, 4) is 6.07 Å². The molecule has 16 heavy (non-hydrogen) atoms. The Hall–Kier alpha value is -1.80. The lowest BCUT2D eigenvalue weighted by Gasteiger charge is -2.07. The Morgan fingerprint density at radius 3 is 3.00 bits per heavy atom. The van der Waals surface area contributed by atoms with Gasteiger partial charge in [-0.05, 0) is 34.1 Å². The minimum absolute atomic E-state index is 0.638. The molecule has 5 heteroatoms. The molecule has 0 saturated heterocycles. The standard InChI is InChI=1S/C11H9BrN4/c12-10-3-8(4-13)1-2-11(10)15-6-9-5-14-7-16-9/h1-3,5,7,15H,6H2,(H,14,16). The average molecular weight is 277 g/mol. The summed E-state index contributed by atoms with van der Waals surface area (Å²) >= 11 is 3.41. The molecule has 0 saturated carbocycles. The van der Waals surface area contributed by atoms with Crippen molar-refractivity contribution in [1.29, 1.82) is 5.26 Å². The molecule has 80 valence electrons. The summed E-state index contributed by atoms with van der Waals surface area (Å²) in [4.78, 5) is 6.94. The highest BCUT2D eigenvalue weighted by Crippen LogP contribution is 2.23. The van der Waals surface area contributed by atoms with Crippen LogP contribution in [-0.2, 0) is 6.54 Å². The summed E-state index contributed by atoms with van der Waals surface area (Å²) in [6.45, 7) is 0.671. The minimum atomic E-state index is 0.638. The number of H-pyrrole nitrogens is 1. The summed E-state index contributed by atoms with van der Waals surface area (Å²) in [6, 6.07) is 7.53. The second-order valence-electron chi connectivity index (χ2n) is 3.24. The molecular weight excluding hydrogens is 268 g/mol. The number of imidazole rings is 1. The lowest BCUT2D eigenvalue weighted by atomic mass is 10.2. The van der Waals surface area contributed by atoms with Crippen molar-refractivity contribution in [2.45, 2.75) is 6.54 Å². The van der Waals surface area contributed by atoms with E-state index in [-0.39, 0.29) is 0 Å². The average Bonchev–Trinajstić information content (AvgIpc) is 2.80. The highest BCUT2D eigenvalue weighted by molar-refractivity contribution is 9.10. The number of anilines is 1. The van der Waals surface area contributed by atoms with Crippen molar-refractivity contribution in [2.24, 2.45) is 0 Å². The van der Waals surface area contributed by atoms with Crippen LogP contribution in [0.2, 0.25) is 0 Å². The third-order valence-electron chi connectivity index (χ3n) is 2.12. The molecule has 0 bridgehead atoms. The van der Waals surface area contributed by atoms with Gasteiger partial charge in [-0.2, -0.15) is 5.26 Å². The fourth-order valence-electron chi connectivity index (χ4n) is 1.30. The molecule has 2 aromatic rings. The first-order chi connectivity index (χ1) is 7.79. The van der Waals surface area contributed by atoms with E-state index in [2.05, 4.69) is 37.3 Å². The fraction of sp³-hybridized carbons (Fsp3) is 0.0909. The topological polar surface area (TPSA) is 64.5 Å². The van der Waals surface area contributed by atoms with Gasteiger partial charge in [0.2, 0.25) is 0 Å². The first-order valence-electron chi connectivity index (χ1n) is 4.70. The minimum Gasteiger partial charge on any atom is -0.379 e. The van der Waals surface area contributed by atoms with Gasteiger partial charge in [-0.1, -0.05) is 0 Å². The zero-order valence-corrected chi connectivity index (χ0v) is 9.95. The van der Waals surface area contributed by atoms with Crippen LogP contribution in [0.4, 0.5) is 5.69 Å². The number of halogens is 1. The Bertz CT molecular complexity index is 513. The molecule has 0 aliphatic rings. The zero-order chi connectivity index (χ0) is 11.4. The fourth-order valence-corrected chi connectivity index (χ4v) is 1.82. The molecule has 0 unspecified atom stereocenters. The number of nitriles is 1. The predicted octanol–water partition coefficient (Wildman–Crippen LogP) is 2.66. The Morgan fingerprint density at radius 2 is 2.38 bits per heavy atom. The van der Waals surface area contributed by atoms with Crippen LogP contribution in [0, 0.1) is 11.3 Å². The molecule has 0 aliphatic carbocycles. The molecular formula is C11H9BrN4. The molecule has 0 aliphatic heterocycles. The summed E-state index contributed by atoms with van der Waals surface area (Å²) < 4.78 is 0.881. The predicted molar refractivity (Wildman–Crippen MR) is 64.8 cm³/mol. The molecule has 1 aromatic heterocycles. The van der Waals surface area contributed by atoms with Crippen LogP contribution < -0.4 is 5.32 Å². The molecule has 1 aromatic carbocycles. The Morgan fingerprint density at radius 1 is 1.50 bits per heavy atom. The molecule has 0 atom stereocenters. The smallest absolute Gasteiger partial charge is 0.0992 e. The number of aromatic nitrogens is 2. The van der Waals surface area contributed by atoms with Crippen molar-refractivity contribution in [3.05, 3.63) is 46.5 Å². The van der Waals surface area contributed by atoms with E-state index in [1.54, 1.807) is 24.7 Å². The van der Waals surface area contributed by atoms with Crippen LogP contribution in [0.1, 0.15) is 11.3 Å². The maximum absolute atomic E-state index is 8.73. The summed E-state index contributed by atoms with van der Waals surface area (Å²) in [7, 11) is 0. The first-order valence-corrected chi connectivity index (χ1v) is 5.49. The number of hydrogen-bond donors (Lipinski definition) is 2. The number of benzene rings is 1. The van der Waals surface area contributed by atoms with Gasteiger partial charge in [0.25, 0.3) is 0 Å². The molecule has 0 amide bonds. The zero-order valence-electron chi connectivity index (χ0n) is 8.37. The van der Waals surface area contributed by atoms with Crippen molar-refractivity contribution < 1.29 is 0 Å². The van der Waals surface area contributed by atoms with Crippen LogP contribution in [0.25, 0.3) is 0 Å². The van der Waals surface area contributed by atoms with Crippen molar-refractivity contribution in [3.63, 3.8) is 0 Å². The van der Waals surface area contributed by atoms with Gasteiger partial charge in [-0.15, -0.1) is 0 Å². The lowest BCUT2D eigenvalue weighted by Crippen LogP contribution is -2.00. The normalized spacial score (nSPS) is 9.75. The highest BCUT2D eigenvalue weighted by Gasteiger charge is 2.01. The van der Waals surface area contributed by atoms with Crippen LogP contribution in [-0.4, -0.2) is 9.97 Å². The van der Waals surface area contributed by atoms with E-state index in [0.717, 1.165) is 15.9 Å². The van der Waals surface area contributed by atoms with E-state index in [9.17, 15) is 0 Å². The largest absolute Gasteiger partial charge is 0.379 e. The van der Waals surface area contributed by atoms with Gasteiger partial charge in [-0.25, -0.2) is 4.98 Å². The Kier molecular flexibility index (Phi) is 3.22. The lowest BCUT2D eigenvalue weighted by molar-refractivity contribution is 1.07.